The molecule has 21 heavy (non-hydrogen) atoms. The number of hydrogen-bond acceptors (Lipinski definition) is 2. The summed E-state index contributed by atoms with van der Waals surface area (Å²) in [5, 5.41) is 0.463. The minimum absolute atomic E-state index is 0.142. The summed E-state index contributed by atoms with van der Waals surface area (Å²) < 4.78 is 3.87. The summed E-state index contributed by atoms with van der Waals surface area (Å²) in [6.45, 7) is 1.70. The average Bonchev–Trinajstić information content (AvgIpc) is 2.73. The predicted molar refractivity (Wildman–Crippen MR) is 91.6 cm³/mol. The Morgan fingerprint density at radius 1 is 1.29 bits per heavy atom. The third-order valence-electron chi connectivity index (χ3n) is 3.39. The van der Waals surface area contributed by atoms with Crippen LogP contribution in [0.4, 0.5) is 0 Å². The molecule has 0 bridgehead atoms. The number of imidazole rings is 1. The van der Waals surface area contributed by atoms with E-state index in [1.807, 2.05) is 6.07 Å². The van der Waals surface area contributed by atoms with E-state index in [9.17, 15) is 9.59 Å². The smallest absolute Gasteiger partial charge is 0.316 e. The molecular formula is C14H11ClIN3O2. The number of H-pyrrole nitrogens is 1. The molecule has 3 aromatic rings. The maximum atomic E-state index is 12.3. The molecule has 0 atom stereocenters. The molecule has 0 saturated carbocycles. The van der Waals surface area contributed by atoms with Gasteiger partial charge in [-0.05, 0) is 47.7 Å². The lowest BCUT2D eigenvalue weighted by Gasteiger charge is -2.08. The number of rotatable bonds is 1. The molecule has 0 amide bonds. The molecule has 0 saturated heterocycles. The Hall–Kier alpha value is -1.54. The van der Waals surface area contributed by atoms with Crippen LogP contribution in [0.5, 0.6) is 0 Å². The van der Waals surface area contributed by atoms with Crippen LogP contribution in [-0.4, -0.2) is 14.1 Å². The molecule has 0 aliphatic carbocycles. The molecule has 3 rings (SSSR count). The summed E-state index contributed by atoms with van der Waals surface area (Å²) in [6, 6.07) is 5.41. The van der Waals surface area contributed by atoms with Gasteiger partial charge in [-0.15, -0.1) is 0 Å². The highest BCUT2D eigenvalue weighted by Crippen LogP contribution is 2.25. The molecule has 2 aromatic heterocycles. The standard InChI is InChI=1S/C14H11ClIN3O2/c1-7-12-10(6-18(2)13(7)20)17-14(21)19(12)11-4-3-8(16)5-9(11)15/h3-6H,1-2H3,(H,17,21). The topological polar surface area (TPSA) is 59.8 Å². The monoisotopic (exact) mass is 415 g/mol. The number of nitrogens with zero attached hydrogens (tertiary/aromatic N) is 2. The third-order valence-corrected chi connectivity index (χ3v) is 4.37. The zero-order valence-corrected chi connectivity index (χ0v) is 14.2. The highest BCUT2D eigenvalue weighted by atomic mass is 127. The molecule has 0 aliphatic heterocycles. The summed E-state index contributed by atoms with van der Waals surface area (Å²) in [6.07, 6.45) is 1.61. The minimum Gasteiger partial charge on any atom is -0.316 e. The molecule has 2 heterocycles. The summed E-state index contributed by atoms with van der Waals surface area (Å²) in [5.74, 6) is 0. The van der Waals surface area contributed by atoms with E-state index in [0.29, 0.717) is 27.3 Å². The fraction of sp³-hybridized carbons (Fsp3) is 0.143. The van der Waals surface area contributed by atoms with Crippen LogP contribution >= 0.6 is 34.2 Å². The molecule has 1 N–H and O–H groups in total. The normalized spacial score (nSPS) is 11.2. The van der Waals surface area contributed by atoms with Crippen LogP contribution in [0.15, 0.2) is 34.0 Å². The van der Waals surface area contributed by atoms with Crippen molar-refractivity contribution in [3.05, 3.63) is 59.4 Å². The van der Waals surface area contributed by atoms with Crippen LogP contribution in [-0.2, 0) is 7.05 Å². The number of benzene rings is 1. The lowest BCUT2D eigenvalue weighted by Crippen LogP contribution is -2.20. The van der Waals surface area contributed by atoms with Crippen molar-refractivity contribution in [1.29, 1.82) is 0 Å². The van der Waals surface area contributed by atoms with Gasteiger partial charge in [0.2, 0.25) is 0 Å². The van der Waals surface area contributed by atoms with E-state index in [2.05, 4.69) is 27.6 Å². The first kappa shape index (κ1) is 14.4. The number of aromatic nitrogens is 3. The van der Waals surface area contributed by atoms with Crippen LogP contribution in [0.1, 0.15) is 5.56 Å². The van der Waals surface area contributed by atoms with Gasteiger partial charge in [-0.25, -0.2) is 4.79 Å². The number of fused-ring (bicyclic) bond motifs is 1. The van der Waals surface area contributed by atoms with Crippen molar-refractivity contribution in [2.45, 2.75) is 6.92 Å². The lowest BCUT2D eigenvalue weighted by molar-refractivity contribution is 0.856. The Morgan fingerprint density at radius 2 is 2.00 bits per heavy atom. The summed E-state index contributed by atoms with van der Waals surface area (Å²) in [5.41, 5.74) is 1.77. The fourth-order valence-corrected chi connectivity index (χ4v) is 3.37. The summed E-state index contributed by atoms with van der Waals surface area (Å²) >= 11 is 8.41. The van der Waals surface area contributed by atoms with Crippen LogP contribution in [0, 0.1) is 10.5 Å². The van der Waals surface area contributed by atoms with Crippen molar-refractivity contribution in [3.63, 3.8) is 0 Å². The molecule has 108 valence electrons. The van der Waals surface area contributed by atoms with Gasteiger partial charge in [0.1, 0.15) is 0 Å². The molecule has 0 radical (unpaired) electrons. The number of hydrogen-bond donors (Lipinski definition) is 1. The van der Waals surface area contributed by atoms with Crippen LogP contribution in [0.25, 0.3) is 16.7 Å². The predicted octanol–water partition coefficient (Wildman–Crippen LogP) is 2.58. The molecule has 1 aromatic carbocycles. The van der Waals surface area contributed by atoms with E-state index < -0.39 is 0 Å². The van der Waals surface area contributed by atoms with Crippen molar-refractivity contribution in [1.82, 2.24) is 14.1 Å². The Labute approximate surface area is 138 Å². The number of halogens is 2. The second-order valence-electron chi connectivity index (χ2n) is 4.79. The second-order valence-corrected chi connectivity index (χ2v) is 6.45. The Morgan fingerprint density at radius 3 is 2.67 bits per heavy atom. The van der Waals surface area contributed by atoms with E-state index >= 15 is 0 Å². The number of aromatic amines is 1. The van der Waals surface area contributed by atoms with Gasteiger partial charge >= 0.3 is 5.69 Å². The van der Waals surface area contributed by atoms with Gasteiger partial charge in [0.15, 0.2) is 0 Å². The van der Waals surface area contributed by atoms with Gasteiger partial charge in [0.25, 0.3) is 5.56 Å². The number of pyridine rings is 1. The first-order valence-electron chi connectivity index (χ1n) is 6.16. The van der Waals surface area contributed by atoms with E-state index in [1.165, 1.54) is 9.13 Å². The Balaban J connectivity index is 2.48. The first-order valence-corrected chi connectivity index (χ1v) is 7.62. The zero-order valence-electron chi connectivity index (χ0n) is 11.3. The molecule has 0 spiro atoms. The highest BCUT2D eigenvalue weighted by Gasteiger charge is 2.16. The van der Waals surface area contributed by atoms with Crippen molar-refractivity contribution < 1.29 is 0 Å². The second kappa shape index (κ2) is 5.03. The number of nitrogens with one attached hydrogen (secondary N) is 1. The average molecular weight is 416 g/mol. The van der Waals surface area contributed by atoms with Gasteiger partial charge in [0.05, 0.1) is 21.7 Å². The van der Waals surface area contributed by atoms with Crippen LogP contribution in [0.2, 0.25) is 5.02 Å². The molecule has 0 fully saturated rings. The van der Waals surface area contributed by atoms with Crippen molar-refractivity contribution >= 4 is 45.2 Å². The summed E-state index contributed by atoms with van der Waals surface area (Å²) in [4.78, 5) is 27.2. The Bertz CT molecular complexity index is 984. The van der Waals surface area contributed by atoms with E-state index in [1.54, 1.807) is 32.3 Å². The molecule has 5 nitrogen and oxygen atoms in total. The SMILES string of the molecule is Cc1c(=O)n(C)cc2[nH]c(=O)n(-c3ccc(I)cc3Cl)c12. The third kappa shape index (κ3) is 2.22. The molecule has 0 aliphatic rings. The molecule has 0 unspecified atom stereocenters. The summed E-state index contributed by atoms with van der Waals surface area (Å²) in [7, 11) is 1.66. The van der Waals surface area contributed by atoms with Gasteiger partial charge in [-0.2, -0.15) is 0 Å². The maximum Gasteiger partial charge on any atom is 0.331 e. The number of aryl methyl sites for hydroxylation is 2. The van der Waals surface area contributed by atoms with Gasteiger partial charge < -0.3 is 9.55 Å². The van der Waals surface area contributed by atoms with Crippen LogP contribution in [0.3, 0.4) is 0 Å². The quantitative estimate of drug-likeness (QED) is 0.621. The van der Waals surface area contributed by atoms with Crippen molar-refractivity contribution in [2.75, 3.05) is 0 Å². The molecular weight excluding hydrogens is 405 g/mol. The Kier molecular flexibility index (Phi) is 3.45. The van der Waals surface area contributed by atoms with E-state index in [-0.39, 0.29) is 11.2 Å². The van der Waals surface area contributed by atoms with Gasteiger partial charge in [0, 0.05) is 22.4 Å². The van der Waals surface area contributed by atoms with E-state index in [0.717, 1.165) is 3.57 Å². The van der Waals surface area contributed by atoms with Crippen LogP contribution < -0.4 is 11.2 Å². The van der Waals surface area contributed by atoms with E-state index in [4.69, 9.17) is 11.6 Å². The highest BCUT2D eigenvalue weighted by molar-refractivity contribution is 14.1. The van der Waals surface area contributed by atoms with Crippen molar-refractivity contribution in [3.8, 4) is 5.69 Å². The molecule has 7 heteroatoms. The maximum absolute atomic E-state index is 12.3. The van der Waals surface area contributed by atoms with Gasteiger partial charge in [-0.1, -0.05) is 11.6 Å². The minimum atomic E-state index is -0.318. The fourth-order valence-electron chi connectivity index (χ4n) is 2.43. The lowest BCUT2D eigenvalue weighted by atomic mass is 10.2. The largest absolute Gasteiger partial charge is 0.331 e. The van der Waals surface area contributed by atoms with Crippen molar-refractivity contribution in [2.24, 2.45) is 7.05 Å². The first-order chi connectivity index (χ1) is 9.90. The van der Waals surface area contributed by atoms with Gasteiger partial charge in [-0.3, -0.25) is 9.36 Å². The zero-order chi connectivity index (χ0) is 15.3.